The van der Waals surface area contributed by atoms with E-state index in [1.54, 1.807) is 6.20 Å². The Balaban J connectivity index is 2.19. The summed E-state index contributed by atoms with van der Waals surface area (Å²) in [7, 11) is 0. The minimum atomic E-state index is 0.623. The molecular formula is C12H11NO. The van der Waals surface area contributed by atoms with E-state index in [4.69, 9.17) is 4.74 Å². The van der Waals surface area contributed by atoms with Gasteiger partial charge in [0.15, 0.2) is 0 Å². The van der Waals surface area contributed by atoms with Crippen LogP contribution in [0.2, 0.25) is 0 Å². The lowest BCUT2D eigenvalue weighted by Gasteiger charge is -2.04. The lowest BCUT2D eigenvalue weighted by Crippen LogP contribution is -1.86. The van der Waals surface area contributed by atoms with Crippen molar-refractivity contribution in [1.29, 1.82) is 0 Å². The average molecular weight is 185 g/mol. The number of nitrogens with zero attached hydrogens (tertiary/aromatic N) is 1. The topological polar surface area (TPSA) is 22.1 Å². The molecule has 0 saturated carbocycles. The Labute approximate surface area is 83.2 Å². The average Bonchev–Trinajstić information content (AvgIpc) is 2.19. The second-order valence-electron chi connectivity index (χ2n) is 3.09. The monoisotopic (exact) mass is 185 g/mol. The van der Waals surface area contributed by atoms with Gasteiger partial charge in [0.25, 0.3) is 0 Å². The summed E-state index contributed by atoms with van der Waals surface area (Å²) in [5.41, 5.74) is 1.18. The first-order valence-corrected chi connectivity index (χ1v) is 4.50. The van der Waals surface area contributed by atoms with Gasteiger partial charge >= 0.3 is 0 Å². The Morgan fingerprint density at radius 2 is 2.00 bits per heavy atom. The van der Waals surface area contributed by atoms with E-state index in [9.17, 15) is 0 Å². The molecular weight excluding hydrogens is 174 g/mol. The van der Waals surface area contributed by atoms with Gasteiger partial charge in [0.2, 0.25) is 5.88 Å². The van der Waals surface area contributed by atoms with Gasteiger partial charge < -0.3 is 4.74 Å². The highest BCUT2D eigenvalue weighted by atomic mass is 16.5. The second-order valence-corrected chi connectivity index (χ2v) is 3.09. The molecule has 0 atom stereocenters. The lowest BCUT2D eigenvalue weighted by molar-refractivity contribution is 0.462. The second kappa shape index (κ2) is 3.92. The standard InChI is InChI=1S/C12H11NO/c1-10-5-4-6-11(9-10)14-12-7-2-3-8-13-12/h2-9H,1H3. The molecule has 1 heterocycles. The van der Waals surface area contributed by atoms with Gasteiger partial charge in [-0.3, -0.25) is 0 Å². The van der Waals surface area contributed by atoms with Crippen LogP contribution in [0.15, 0.2) is 48.7 Å². The van der Waals surface area contributed by atoms with Gasteiger partial charge in [-0.2, -0.15) is 0 Å². The largest absolute Gasteiger partial charge is 0.439 e. The third-order valence-electron chi connectivity index (χ3n) is 1.85. The van der Waals surface area contributed by atoms with E-state index in [2.05, 4.69) is 4.98 Å². The number of benzene rings is 1. The van der Waals surface area contributed by atoms with Crippen molar-refractivity contribution >= 4 is 0 Å². The third kappa shape index (κ3) is 2.10. The molecule has 2 heteroatoms. The summed E-state index contributed by atoms with van der Waals surface area (Å²) in [4.78, 5) is 4.08. The Bertz CT molecular complexity index is 412. The number of hydrogen-bond donors (Lipinski definition) is 0. The first-order chi connectivity index (χ1) is 6.84. The van der Waals surface area contributed by atoms with Crippen LogP contribution in [0, 0.1) is 6.92 Å². The van der Waals surface area contributed by atoms with Gasteiger partial charge in [-0.15, -0.1) is 0 Å². The maximum absolute atomic E-state index is 5.55. The summed E-state index contributed by atoms with van der Waals surface area (Å²) in [6, 6.07) is 13.5. The van der Waals surface area contributed by atoms with Crippen molar-refractivity contribution < 1.29 is 4.74 Å². The SMILES string of the molecule is Cc1cccc(Oc2ccccn2)c1. The fourth-order valence-corrected chi connectivity index (χ4v) is 1.21. The summed E-state index contributed by atoms with van der Waals surface area (Å²) in [6.45, 7) is 2.03. The molecule has 0 aliphatic rings. The summed E-state index contributed by atoms with van der Waals surface area (Å²) in [6.07, 6.45) is 1.71. The molecule has 0 unspecified atom stereocenters. The highest BCUT2D eigenvalue weighted by molar-refractivity contribution is 5.30. The molecule has 1 aromatic carbocycles. The molecule has 70 valence electrons. The molecule has 0 fully saturated rings. The zero-order valence-corrected chi connectivity index (χ0v) is 7.97. The van der Waals surface area contributed by atoms with E-state index in [1.807, 2.05) is 49.4 Å². The van der Waals surface area contributed by atoms with E-state index in [0.717, 1.165) is 5.75 Å². The molecule has 0 amide bonds. The van der Waals surface area contributed by atoms with Crippen molar-refractivity contribution in [2.24, 2.45) is 0 Å². The maximum Gasteiger partial charge on any atom is 0.219 e. The number of rotatable bonds is 2. The highest BCUT2D eigenvalue weighted by Gasteiger charge is 1.96. The zero-order chi connectivity index (χ0) is 9.80. The van der Waals surface area contributed by atoms with E-state index in [-0.39, 0.29) is 0 Å². The molecule has 0 radical (unpaired) electrons. The van der Waals surface area contributed by atoms with Gasteiger partial charge in [0.1, 0.15) is 5.75 Å². The fourth-order valence-electron chi connectivity index (χ4n) is 1.21. The molecule has 14 heavy (non-hydrogen) atoms. The zero-order valence-electron chi connectivity index (χ0n) is 7.97. The maximum atomic E-state index is 5.55. The molecule has 0 N–H and O–H groups in total. The number of pyridine rings is 1. The van der Waals surface area contributed by atoms with Crippen LogP contribution >= 0.6 is 0 Å². The Morgan fingerprint density at radius 3 is 2.71 bits per heavy atom. The van der Waals surface area contributed by atoms with Crippen LogP contribution in [0.4, 0.5) is 0 Å². The van der Waals surface area contributed by atoms with Crippen molar-refractivity contribution in [3.8, 4) is 11.6 Å². The van der Waals surface area contributed by atoms with Gasteiger partial charge in [0.05, 0.1) is 0 Å². The smallest absolute Gasteiger partial charge is 0.219 e. The Kier molecular flexibility index (Phi) is 2.45. The Hall–Kier alpha value is -1.83. The van der Waals surface area contributed by atoms with Crippen molar-refractivity contribution in [1.82, 2.24) is 4.98 Å². The van der Waals surface area contributed by atoms with Crippen LogP contribution in [-0.2, 0) is 0 Å². The highest BCUT2D eigenvalue weighted by Crippen LogP contribution is 2.19. The number of hydrogen-bond acceptors (Lipinski definition) is 2. The first-order valence-electron chi connectivity index (χ1n) is 4.50. The number of aryl methyl sites for hydroxylation is 1. The third-order valence-corrected chi connectivity index (χ3v) is 1.85. The van der Waals surface area contributed by atoms with Crippen molar-refractivity contribution in [3.05, 3.63) is 54.2 Å². The minimum absolute atomic E-state index is 0.623. The molecule has 0 aliphatic heterocycles. The molecule has 0 aliphatic carbocycles. The first kappa shape index (κ1) is 8.75. The van der Waals surface area contributed by atoms with Crippen molar-refractivity contribution in [2.75, 3.05) is 0 Å². The molecule has 0 saturated heterocycles. The van der Waals surface area contributed by atoms with Gasteiger partial charge in [0, 0.05) is 12.3 Å². The van der Waals surface area contributed by atoms with E-state index < -0.39 is 0 Å². The molecule has 2 nitrogen and oxygen atoms in total. The Morgan fingerprint density at radius 1 is 1.07 bits per heavy atom. The van der Waals surface area contributed by atoms with E-state index >= 15 is 0 Å². The number of ether oxygens (including phenoxy) is 1. The normalized spacial score (nSPS) is 9.79. The predicted molar refractivity (Wildman–Crippen MR) is 55.5 cm³/mol. The molecule has 2 rings (SSSR count). The van der Waals surface area contributed by atoms with Crippen LogP contribution in [0.1, 0.15) is 5.56 Å². The molecule has 1 aromatic heterocycles. The summed E-state index contributed by atoms with van der Waals surface area (Å²) in [5, 5.41) is 0. The van der Waals surface area contributed by atoms with E-state index in [1.165, 1.54) is 5.56 Å². The van der Waals surface area contributed by atoms with Crippen LogP contribution < -0.4 is 4.74 Å². The lowest BCUT2D eigenvalue weighted by atomic mass is 10.2. The van der Waals surface area contributed by atoms with Gasteiger partial charge in [-0.1, -0.05) is 18.2 Å². The van der Waals surface area contributed by atoms with Crippen molar-refractivity contribution in [3.63, 3.8) is 0 Å². The van der Waals surface area contributed by atoms with Crippen LogP contribution in [0.25, 0.3) is 0 Å². The molecule has 0 spiro atoms. The minimum Gasteiger partial charge on any atom is -0.439 e. The van der Waals surface area contributed by atoms with Crippen LogP contribution in [0.5, 0.6) is 11.6 Å². The summed E-state index contributed by atoms with van der Waals surface area (Å²) in [5.74, 6) is 1.45. The van der Waals surface area contributed by atoms with Gasteiger partial charge in [-0.25, -0.2) is 4.98 Å². The predicted octanol–water partition coefficient (Wildman–Crippen LogP) is 3.18. The van der Waals surface area contributed by atoms with Crippen LogP contribution in [0.3, 0.4) is 0 Å². The fraction of sp³-hybridized carbons (Fsp3) is 0.0833. The summed E-state index contributed by atoms with van der Waals surface area (Å²) >= 11 is 0. The quantitative estimate of drug-likeness (QED) is 0.716. The van der Waals surface area contributed by atoms with Crippen molar-refractivity contribution in [2.45, 2.75) is 6.92 Å². The van der Waals surface area contributed by atoms with E-state index in [0.29, 0.717) is 5.88 Å². The summed E-state index contributed by atoms with van der Waals surface area (Å²) < 4.78 is 5.55. The van der Waals surface area contributed by atoms with Crippen LogP contribution in [-0.4, -0.2) is 4.98 Å². The number of aromatic nitrogens is 1. The molecule has 2 aromatic rings. The molecule has 0 bridgehead atoms. The van der Waals surface area contributed by atoms with Gasteiger partial charge in [-0.05, 0) is 30.7 Å².